The van der Waals surface area contributed by atoms with Gasteiger partial charge >= 0.3 is 6.18 Å². The van der Waals surface area contributed by atoms with Crippen molar-refractivity contribution in [2.75, 3.05) is 31.1 Å². The quantitative estimate of drug-likeness (QED) is 0.401. The first kappa shape index (κ1) is 24.2. The van der Waals surface area contributed by atoms with E-state index in [0.717, 1.165) is 12.1 Å². The van der Waals surface area contributed by atoms with E-state index in [1.54, 1.807) is 30.9 Å². The molecule has 1 saturated heterocycles. The van der Waals surface area contributed by atoms with Gasteiger partial charge in [-0.25, -0.2) is 9.67 Å². The lowest BCUT2D eigenvalue weighted by Crippen LogP contribution is -2.49. The smallest absolute Gasteiger partial charge is 0.353 e. The Bertz CT molecular complexity index is 1250. The monoisotopic (exact) mass is 488 g/mol. The number of rotatable bonds is 5. The molecule has 0 radical (unpaired) electrons. The van der Waals surface area contributed by atoms with E-state index in [4.69, 9.17) is 0 Å². The highest BCUT2D eigenvalue weighted by atomic mass is 19.4. The molecule has 0 aliphatic carbocycles. The van der Waals surface area contributed by atoms with Crippen molar-refractivity contribution >= 4 is 17.4 Å². The van der Waals surface area contributed by atoms with Crippen LogP contribution in [-0.2, 0) is 17.4 Å². The number of halogens is 3. The van der Waals surface area contributed by atoms with E-state index in [1.165, 1.54) is 23.0 Å². The second-order valence-electron chi connectivity index (χ2n) is 8.29. The maximum Gasteiger partial charge on any atom is 0.416 e. The average Bonchev–Trinajstić information content (AvgIpc) is 3.12. The van der Waals surface area contributed by atoms with Crippen molar-refractivity contribution in [2.45, 2.75) is 26.4 Å². The van der Waals surface area contributed by atoms with Crippen LogP contribution in [0.2, 0.25) is 0 Å². The van der Waals surface area contributed by atoms with Gasteiger partial charge in [0.25, 0.3) is 5.69 Å². The number of nitro groups is 1. The number of hydrogen-bond acceptors (Lipinski definition) is 6. The standard InChI is InChI=1S/C23H23F3N6O3/c1-15-20(16(2)31(28-15)18-5-3-4-17(12-18)23(24,25)26)13-22(33)30-10-8-29(9-11-30)21-7-6-19(14-27-21)32(34)35/h3-7,12,14H,8-11,13H2,1-2H3. The summed E-state index contributed by atoms with van der Waals surface area (Å²) in [6, 6.07) is 7.91. The van der Waals surface area contributed by atoms with Crippen molar-refractivity contribution in [2.24, 2.45) is 0 Å². The minimum atomic E-state index is -4.46. The van der Waals surface area contributed by atoms with E-state index in [0.29, 0.717) is 48.9 Å². The SMILES string of the molecule is Cc1nn(-c2cccc(C(F)(F)F)c2)c(C)c1CC(=O)N1CCN(c2ccc([N+](=O)[O-])cn2)CC1. The minimum Gasteiger partial charge on any atom is -0.353 e. The number of nitrogens with zero attached hydrogens (tertiary/aromatic N) is 6. The summed E-state index contributed by atoms with van der Waals surface area (Å²) in [7, 11) is 0. The molecule has 1 aromatic carbocycles. The Hall–Kier alpha value is -3.96. The fourth-order valence-electron chi connectivity index (χ4n) is 4.12. The molecule has 0 unspecified atom stereocenters. The third kappa shape index (κ3) is 5.10. The van der Waals surface area contributed by atoms with Crippen LogP contribution in [-0.4, -0.2) is 56.7 Å². The van der Waals surface area contributed by atoms with E-state index in [1.807, 2.05) is 4.90 Å². The number of aromatic nitrogens is 3. The van der Waals surface area contributed by atoms with Gasteiger partial charge in [0, 0.05) is 43.5 Å². The summed E-state index contributed by atoms with van der Waals surface area (Å²) >= 11 is 0. The van der Waals surface area contributed by atoms with Gasteiger partial charge < -0.3 is 9.80 Å². The molecule has 0 bridgehead atoms. The first-order valence-electron chi connectivity index (χ1n) is 10.9. The predicted molar refractivity (Wildman–Crippen MR) is 121 cm³/mol. The van der Waals surface area contributed by atoms with Crippen LogP contribution in [0.4, 0.5) is 24.7 Å². The summed E-state index contributed by atoms with van der Waals surface area (Å²) in [5.41, 5.74) is 1.32. The molecule has 3 aromatic rings. The summed E-state index contributed by atoms with van der Waals surface area (Å²) in [5, 5.41) is 15.2. The number of carbonyl (C=O) groups is 1. The predicted octanol–water partition coefficient (Wildman–Crippen LogP) is 3.70. The molecule has 0 saturated carbocycles. The fourth-order valence-corrected chi connectivity index (χ4v) is 4.12. The largest absolute Gasteiger partial charge is 0.416 e. The Balaban J connectivity index is 1.43. The second kappa shape index (κ2) is 9.35. The molecule has 1 aliphatic heterocycles. The highest BCUT2D eigenvalue weighted by molar-refractivity contribution is 5.79. The van der Waals surface area contributed by atoms with Gasteiger partial charge in [-0.15, -0.1) is 0 Å². The number of benzene rings is 1. The van der Waals surface area contributed by atoms with Gasteiger partial charge in [0.15, 0.2) is 0 Å². The van der Waals surface area contributed by atoms with Crippen molar-refractivity contribution in [3.63, 3.8) is 0 Å². The molecule has 184 valence electrons. The first-order valence-corrected chi connectivity index (χ1v) is 10.9. The molecule has 1 aliphatic rings. The van der Waals surface area contributed by atoms with E-state index >= 15 is 0 Å². The fraction of sp³-hybridized carbons (Fsp3) is 0.348. The number of piperazine rings is 1. The zero-order valence-electron chi connectivity index (χ0n) is 19.1. The van der Waals surface area contributed by atoms with Gasteiger partial charge in [-0.3, -0.25) is 14.9 Å². The van der Waals surface area contributed by atoms with E-state index < -0.39 is 16.7 Å². The molecule has 2 aromatic heterocycles. The molecular formula is C23H23F3N6O3. The molecule has 35 heavy (non-hydrogen) atoms. The third-order valence-electron chi connectivity index (χ3n) is 6.09. The number of anilines is 1. The normalized spacial score (nSPS) is 14.3. The summed E-state index contributed by atoms with van der Waals surface area (Å²) in [5.74, 6) is 0.507. The second-order valence-corrected chi connectivity index (χ2v) is 8.29. The topological polar surface area (TPSA) is 97.4 Å². The minimum absolute atomic E-state index is 0.0843. The Morgan fingerprint density at radius 2 is 1.83 bits per heavy atom. The maximum absolute atomic E-state index is 13.1. The molecule has 9 nitrogen and oxygen atoms in total. The number of alkyl halides is 3. The number of pyridine rings is 1. The van der Waals surface area contributed by atoms with Crippen LogP contribution < -0.4 is 4.90 Å². The molecule has 0 spiro atoms. The van der Waals surface area contributed by atoms with Crippen molar-refractivity contribution in [3.8, 4) is 5.69 Å². The van der Waals surface area contributed by atoms with Crippen molar-refractivity contribution in [3.05, 3.63) is 75.2 Å². The molecule has 12 heteroatoms. The highest BCUT2D eigenvalue weighted by Gasteiger charge is 2.31. The van der Waals surface area contributed by atoms with Crippen molar-refractivity contribution < 1.29 is 22.9 Å². The lowest BCUT2D eigenvalue weighted by molar-refractivity contribution is -0.385. The zero-order valence-corrected chi connectivity index (χ0v) is 19.1. The van der Waals surface area contributed by atoms with Gasteiger partial charge in [0.05, 0.1) is 28.3 Å². The summed E-state index contributed by atoms with van der Waals surface area (Å²) < 4.78 is 40.8. The number of carbonyl (C=O) groups excluding carboxylic acids is 1. The third-order valence-corrected chi connectivity index (χ3v) is 6.09. The van der Waals surface area contributed by atoms with Gasteiger partial charge in [-0.05, 0) is 38.1 Å². The molecule has 4 rings (SSSR count). The van der Waals surface area contributed by atoms with E-state index in [9.17, 15) is 28.1 Å². The maximum atomic E-state index is 13.1. The first-order chi connectivity index (χ1) is 16.5. The number of amides is 1. The lowest BCUT2D eigenvalue weighted by atomic mass is 10.1. The summed E-state index contributed by atoms with van der Waals surface area (Å²) in [4.78, 5) is 31.1. The molecule has 1 fully saturated rings. The van der Waals surface area contributed by atoms with Crippen LogP contribution in [0.25, 0.3) is 5.69 Å². The Kier molecular flexibility index (Phi) is 6.46. The van der Waals surface area contributed by atoms with E-state index in [-0.39, 0.29) is 23.7 Å². The van der Waals surface area contributed by atoms with Gasteiger partial charge in [0.2, 0.25) is 5.91 Å². The zero-order chi connectivity index (χ0) is 25.3. The molecular weight excluding hydrogens is 465 g/mol. The Morgan fingerprint density at radius 3 is 2.43 bits per heavy atom. The van der Waals surface area contributed by atoms with Crippen molar-refractivity contribution in [1.29, 1.82) is 0 Å². The summed E-state index contributed by atoms with van der Waals surface area (Å²) in [6.45, 7) is 5.43. The molecule has 3 heterocycles. The summed E-state index contributed by atoms with van der Waals surface area (Å²) in [6.07, 6.45) is -3.16. The van der Waals surface area contributed by atoms with Gasteiger partial charge in [-0.1, -0.05) is 6.07 Å². The Labute approximate surface area is 198 Å². The van der Waals surface area contributed by atoms with Crippen LogP contribution >= 0.6 is 0 Å². The van der Waals surface area contributed by atoms with Crippen LogP contribution in [0, 0.1) is 24.0 Å². The van der Waals surface area contributed by atoms with Crippen molar-refractivity contribution in [1.82, 2.24) is 19.7 Å². The van der Waals surface area contributed by atoms with Gasteiger partial charge in [0.1, 0.15) is 12.0 Å². The number of aryl methyl sites for hydroxylation is 1. The van der Waals surface area contributed by atoms with Crippen LogP contribution in [0.15, 0.2) is 42.6 Å². The number of hydrogen-bond donors (Lipinski definition) is 0. The molecule has 0 atom stereocenters. The molecule has 1 amide bonds. The average molecular weight is 488 g/mol. The van der Waals surface area contributed by atoms with Gasteiger partial charge in [-0.2, -0.15) is 18.3 Å². The highest BCUT2D eigenvalue weighted by Crippen LogP contribution is 2.31. The Morgan fingerprint density at radius 1 is 1.11 bits per heavy atom. The van der Waals surface area contributed by atoms with E-state index in [2.05, 4.69) is 10.1 Å². The molecule has 0 N–H and O–H groups in total. The van der Waals surface area contributed by atoms with Crippen LogP contribution in [0.1, 0.15) is 22.5 Å². The lowest BCUT2D eigenvalue weighted by Gasteiger charge is -2.35. The van der Waals surface area contributed by atoms with Crippen LogP contribution in [0.5, 0.6) is 0 Å². The van der Waals surface area contributed by atoms with Crippen LogP contribution in [0.3, 0.4) is 0 Å².